The molecule has 1 unspecified atom stereocenters. The van der Waals surface area contributed by atoms with Crippen LogP contribution in [0.4, 0.5) is 18.9 Å². The molecule has 1 atom stereocenters. The maximum atomic E-state index is 12.8. The van der Waals surface area contributed by atoms with Crippen LogP contribution in [0.2, 0.25) is 0 Å². The Labute approximate surface area is 126 Å². The molecule has 0 bridgehead atoms. The number of nitrogens with zero attached hydrogens (tertiary/aromatic N) is 2. The van der Waals surface area contributed by atoms with Crippen LogP contribution < -0.4 is 5.30 Å². The van der Waals surface area contributed by atoms with Gasteiger partial charge in [0.2, 0.25) is 8.03 Å². The summed E-state index contributed by atoms with van der Waals surface area (Å²) in [4.78, 5) is 9.51. The van der Waals surface area contributed by atoms with Gasteiger partial charge in [-0.15, -0.1) is 0 Å². The summed E-state index contributed by atoms with van der Waals surface area (Å²) >= 11 is 0. The Morgan fingerprint density at radius 2 is 1.91 bits per heavy atom. The molecule has 1 aromatic carbocycles. The summed E-state index contributed by atoms with van der Waals surface area (Å²) < 4.78 is 56.0. The van der Waals surface area contributed by atoms with E-state index in [0.29, 0.717) is 23.2 Å². The maximum absolute atomic E-state index is 12.8. The summed E-state index contributed by atoms with van der Waals surface area (Å²) in [7, 11) is 2.75. The Morgan fingerprint density at radius 1 is 1.32 bits per heavy atom. The number of hydrogen-bond donors (Lipinski definition) is 0. The number of halogens is 3. The normalized spacial score (nSPS) is 13.9. The van der Waals surface area contributed by atoms with E-state index >= 15 is 0 Å². The minimum atomic E-state index is -4.90. The molecule has 0 aromatic heterocycles. The first-order valence-electron chi connectivity index (χ1n) is 6.25. The average Bonchev–Trinajstić information content (AvgIpc) is 2.35. The number of nitro groups is 1. The zero-order valence-electron chi connectivity index (χ0n) is 12.3. The van der Waals surface area contributed by atoms with Crippen molar-refractivity contribution in [3.8, 4) is 0 Å². The topological polar surface area (TPSA) is 69.4 Å². The largest absolute Gasteiger partial charge is 0.423 e. The highest BCUT2D eigenvalue weighted by atomic mass is 31.1. The van der Waals surface area contributed by atoms with Crippen LogP contribution in [0.5, 0.6) is 0 Å². The van der Waals surface area contributed by atoms with E-state index in [4.69, 9.17) is 4.52 Å². The van der Waals surface area contributed by atoms with Crippen molar-refractivity contribution in [1.82, 2.24) is 0 Å². The molecule has 0 aliphatic rings. The molecule has 10 heteroatoms. The first kappa shape index (κ1) is 18.6. The lowest BCUT2D eigenvalue weighted by Crippen LogP contribution is -2.37. The average molecular weight is 341 g/mol. The number of quaternary nitrogens is 1. The fraction of sp³-hybridized carbons (Fsp3) is 0.500. The Kier molecular flexibility index (Phi) is 5.72. The van der Waals surface area contributed by atoms with E-state index in [9.17, 15) is 27.9 Å². The summed E-state index contributed by atoms with van der Waals surface area (Å²) in [6, 6.07) is 2.25. The molecule has 0 aliphatic heterocycles. The molecular weight excluding hydrogens is 324 g/mol. The van der Waals surface area contributed by atoms with Crippen LogP contribution in [0.25, 0.3) is 0 Å². The SMILES string of the molecule is C[N+](C)(C)CCO[PH](=O)c1ccc([N+](=O)[O-])c(C(F)(F)F)c1. The van der Waals surface area contributed by atoms with Gasteiger partial charge in [-0.3, -0.25) is 14.7 Å². The van der Waals surface area contributed by atoms with Gasteiger partial charge in [0, 0.05) is 11.4 Å². The van der Waals surface area contributed by atoms with Gasteiger partial charge in [0.25, 0.3) is 5.69 Å². The number of benzene rings is 1. The minimum absolute atomic E-state index is 0.111. The van der Waals surface area contributed by atoms with Crippen molar-refractivity contribution < 1.29 is 31.7 Å². The zero-order chi connectivity index (χ0) is 17.1. The van der Waals surface area contributed by atoms with Gasteiger partial charge in [-0.1, -0.05) is 0 Å². The van der Waals surface area contributed by atoms with Crippen molar-refractivity contribution in [2.45, 2.75) is 6.18 Å². The molecule has 1 rings (SSSR count). The van der Waals surface area contributed by atoms with Gasteiger partial charge in [-0.05, 0) is 12.1 Å². The van der Waals surface area contributed by atoms with E-state index in [0.717, 1.165) is 6.07 Å². The van der Waals surface area contributed by atoms with Gasteiger partial charge in [-0.2, -0.15) is 13.2 Å². The van der Waals surface area contributed by atoms with Crippen molar-refractivity contribution >= 4 is 19.0 Å². The van der Waals surface area contributed by atoms with Gasteiger partial charge < -0.3 is 9.01 Å². The zero-order valence-corrected chi connectivity index (χ0v) is 13.3. The van der Waals surface area contributed by atoms with Gasteiger partial charge in [0.05, 0.1) is 26.1 Å². The van der Waals surface area contributed by atoms with E-state index in [2.05, 4.69) is 0 Å². The number of nitro benzene ring substituents is 1. The quantitative estimate of drug-likeness (QED) is 0.345. The molecule has 0 saturated carbocycles. The lowest BCUT2D eigenvalue weighted by Gasteiger charge is -2.23. The van der Waals surface area contributed by atoms with Crippen molar-refractivity contribution in [1.29, 1.82) is 0 Å². The molecule has 22 heavy (non-hydrogen) atoms. The highest BCUT2D eigenvalue weighted by molar-refractivity contribution is 7.48. The lowest BCUT2D eigenvalue weighted by molar-refractivity contribution is -0.870. The molecule has 0 saturated heterocycles. The summed E-state index contributed by atoms with van der Waals surface area (Å²) in [5.74, 6) is 0. The summed E-state index contributed by atoms with van der Waals surface area (Å²) in [5, 5.41) is 10.4. The van der Waals surface area contributed by atoms with Crippen molar-refractivity contribution in [3.05, 3.63) is 33.9 Å². The summed E-state index contributed by atoms with van der Waals surface area (Å²) in [6.45, 7) is 0.634. The Bertz CT molecular complexity index is 585. The van der Waals surface area contributed by atoms with Crippen LogP contribution in [0.1, 0.15) is 5.56 Å². The van der Waals surface area contributed by atoms with Crippen molar-refractivity contribution in [2.75, 3.05) is 34.3 Å². The fourth-order valence-electron chi connectivity index (χ4n) is 1.54. The Balaban J connectivity index is 2.97. The van der Waals surface area contributed by atoms with Crippen LogP contribution >= 0.6 is 8.03 Å². The summed E-state index contributed by atoms with van der Waals surface area (Å²) in [6.07, 6.45) is -4.90. The second-order valence-corrected chi connectivity index (χ2v) is 7.08. The van der Waals surface area contributed by atoms with Crippen LogP contribution in [0, 0.1) is 10.1 Å². The highest BCUT2D eigenvalue weighted by Crippen LogP contribution is 2.37. The summed E-state index contributed by atoms with van der Waals surface area (Å²) in [5.41, 5.74) is -2.50. The van der Waals surface area contributed by atoms with E-state index in [1.807, 2.05) is 21.1 Å². The van der Waals surface area contributed by atoms with Gasteiger partial charge in [-0.25, -0.2) is 0 Å². The van der Waals surface area contributed by atoms with Crippen molar-refractivity contribution in [2.24, 2.45) is 0 Å². The molecular formula is C12H17F3N2O4P+. The van der Waals surface area contributed by atoms with E-state index in [1.54, 1.807) is 0 Å². The third-order valence-electron chi connectivity index (χ3n) is 2.73. The third kappa shape index (κ3) is 5.40. The van der Waals surface area contributed by atoms with E-state index < -0.39 is 30.4 Å². The van der Waals surface area contributed by atoms with Gasteiger partial charge in [0.1, 0.15) is 18.7 Å². The molecule has 1 aromatic rings. The molecule has 0 fully saturated rings. The molecule has 0 N–H and O–H groups in total. The van der Waals surface area contributed by atoms with E-state index in [-0.39, 0.29) is 11.9 Å². The second kappa shape index (κ2) is 6.76. The molecule has 6 nitrogen and oxygen atoms in total. The molecule has 0 aliphatic carbocycles. The van der Waals surface area contributed by atoms with Gasteiger partial charge >= 0.3 is 6.18 Å². The molecule has 124 valence electrons. The number of rotatable bonds is 6. The van der Waals surface area contributed by atoms with Crippen LogP contribution in [-0.2, 0) is 15.3 Å². The molecule has 0 heterocycles. The van der Waals surface area contributed by atoms with Crippen LogP contribution in [-0.4, -0.2) is 43.7 Å². The molecule has 0 spiro atoms. The maximum Gasteiger partial charge on any atom is 0.423 e. The second-order valence-electron chi connectivity index (χ2n) is 5.64. The highest BCUT2D eigenvalue weighted by Gasteiger charge is 2.38. The van der Waals surface area contributed by atoms with Crippen LogP contribution in [0.3, 0.4) is 0 Å². The smallest absolute Gasteiger partial charge is 0.329 e. The predicted molar refractivity (Wildman–Crippen MR) is 75.6 cm³/mol. The van der Waals surface area contributed by atoms with Crippen molar-refractivity contribution in [3.63, 3.8) is 0 Å². The predicted octanol–water partition coefficient (Wildman–Crippen LogP) is 2.44. The Hall–Kier alpha value is -1.44. The molecule has 0 radical (unpaired) electrons. The third-order valence-corrected chi connectivity index (χ3v) is 3.98. The molecule has 0 amide bonds. The van der Waals surface area contributed by atoms with E-state index in [1.165, 1.54) is 0 Å². The number of alkyl halides is 3. The first-order chi connectivity index (χ1) is 9.92. The number of likely N-dealkylation sites (N-methyl/N-ethyl adjacent to an activating group) is 1. The number of hydrogen-bond acceptors (Lipinski definition) is 4. The fourth-order valence-corrected chi connectivity index (χ4v) is 2.47. The first-order valence-corrected chi connectivity index (χ1v) is 7.57. The van der Waals surface area contributed by atoms with Crippen LogP contribution in [0.15, 0.2) is 18.2 Å². The monoisotopic (exact) mass is 341 g/mol. The standard InChI is InChI=1S/C12H17F3N2O4P/c1-17(2,3)6-7-21-22(20)9-4-5-11(16(18)19)10(8-9)12(13,14)15/h4-5,8,22H,6-7H2,1-3H3/q+1. The minimum Gasteiger partial charge on any atom is -0.329 e. The van der Waals surface area contributed by atoms with Gasteiger partial charge in [0.15, 0.2) is 0 Å². The Morgan fingerprint density at radius 3 is 2.36 bits per heavy atom. The lowest BCUT2D eigenvalue weighted by atomic mass is 10.2.